The number of carbonyl (C=O) groups is 2. The van der Waals surface area contributed by atoms with Crippen LogP contribution in [0.4, 0.5) is 0 Å². The van der Waals surface area contributed by atoms with Crippen molar-refractivity contribution in [3.63, 3.8) is 0 Å². The summed E-state index contributed by atoms with van der Waals surface area (Å²) < 4.78 is 2.85. The van der Waals surface area contributed by atoms with Crippen LogP contribution in [-0.2, 0) is 23.2 Å². The van der Waals surface area contributed by atoms with E-state index < -0.39 is 17.4 Å². The largest absolute Gasteiger partial charge is 0.480 e. The third kappa shape index (κ3) is 2.52. The van der Waals surface area contributed by atoms with Gasteiger partial charge in [0.25, 0.3) is 0 Å². The molecular weight excluding hydrogens is 298 g/mol. The standard InChI is InChI=1S/C16H19N3O4/c1-18-11-6-2-3-7-12(11)19(15(18)23)10-13(20)17-16(14(21)22)8-4-5-9-16/h2-3,6-7H,4-5,8-10H2,1H3,(H,17,20)(H,21,22). The molecule has 0 aliphatic heterocycles. The van der Waals surface area contributed by atoms with Crippen molar-refractivity contribution >= 4 is 22.9 Å². The highest BCUT2D eigenvalue weighted by Gasteiger charge is 2.42. The van der Waals surface area contributed by atoms with Gasteiger partial charge in [0.1, 0.15) is 12.1 Å². The van der Waals surface area contributed by atoms with E-state index in [-0.39, 0.29) is 12.2 Å². The molecule has 0 spiro atoms. The number of carbonyl (C=O) groups excluding carboxylic acids is 1. The first-order chi connectivity index (χ1) is 10.9. The molecule has 1 aromatic carbocycles. The number of aryl methyl sites for hydroxylation is 1. The third-order valence-electron chi connectivity index (χ3n) is 4.60. The van der Waals surface area contributed by atoms with Crippen molar-refractivity contribution in [2.24, 2.45) is 7.05 Å². The van der Waals surface area contributed by atoms with Gasteiger partial charge in [-0.25, -0.2) is 9.59 Å². The fourth-order valence-corrected chi connectivity index (χ4v) is 3.34. The summed E-state index contributed by atoms with van der Waals surface area (Å²) in [5.41, 5.74) is -0.0899. The second-order valence-electron chi connectivity index (χ2n) is 6.06. The average molecular weight is 317 g/mol. The number of hydrogen-bond acceptors (Lipinski definition) is 3. The summed E-state index contributed by atoms with van der Waals surface area (Å²) in [6.07, 6.45) is 2.42. The monoisotopic (exact) mass is 317 g/mol. The average Bonchev–Trinajstić information content (AvgIpc) is 3.08. The molecule has 0 saturated heterocycles. The van der Waals surface area contributed by atoms with Crippen LogP contribution in [0.1, 0.15) is 25.7 Å². The zero-order chi connectivity index (χ0) is 16.6. The Kier molecular flexibility index (Phi) is 3.71. The van der Waals surface area contributed by atoms with Crippen LogP contribution in [0.3, 0.4) is 0 Å². The molecule has 1 heterocycles. The first-order valence-corrected chi connectivity index (χ1v) is 7.63. The van der Waals surface area contributed by atoms with Crippen molar-refractivity contribution in [3.8, 4) is 0 Å². The van der Waals surface area contributed by atoms with E-state index in [0.29, 0.717) is 18.4 Å². The minimum absolute atomic E-state index is 0.185. The highest BCUT2D eigenvalue weighted by atomic mass is 16.4. The number of aromatic nitrogens is 2. The van der Waals surface area contributed by atoms with E-state index in [4.69, 9.17) is 0 Å². The smallest absolute Gasteiger partial charge is 0.329 e. The second-order valence-corrected chi connectivity index (χ2v) is 6.06. The summed E-state index contributed by atoms with van der Waals surface area (Å²) in [7, 11) is 1.65. The van der Waals surface area contributed by atoms with Crippen LogP contribution in [0, 0.1) is 0 Å². The van der Waals surface area contributed by atoms with Crippen LogP contribution in [0.25, 0.3) is 11.0 Å². The van der Waals surface area contributed by atoms with Gasteiger partial charge in [-0.2, -0.15) is 0 Å². The Labute approximate surface area is 132 Å². The van der Waals surface area contributed by atoms with Gasteiger partial charge >= 0.3 is 11.7 Å². The minimum atomic E-state index is -1.19. The molecule has 7 nitrogen and oxygen atoms in total. The Morgan fingerprint density at radius 2 is 1.83 bits per heavy atom. The van der Waals surface area contributed by atoms with Crippen molar-refractivity contribution in [3.05, 3.63) is 34.7 Å². The van der Waals surface area contributed by atoms with E-state index in [9.17, 15) is 19.5 Å². The summed E-state index contributed by atoms with van der Waals surface area (Å²) in [4.78, 5) is 36.2. The molecule has 23 heavy (non-hydrogen) atoms. The maximum absolute atomic E-state index is 12.3. The van der Waals surface area contributed by atoms with Gasteiger partial charge in [-0.1, -0.05) is 25.0 Å². The molecule has 2 aromatic rings. The molecule has 0 atom stereocenters. The van der Waals surface area contributed by atoms with Crippen molar-refractivity contribution < 1.29 is 14.7 Å². The molecule has 1 amide bonds. The SMILES string of the molecule is Cn1c(=O)n(CC(=O)NC2(C(=O)O)CCCC2)c2ccccc21. The van der Waals surface area contributed by atoms with Gasteiger partial charge in [-0.3, -0.25) is 13.9 Å². The van der Waals surface area contributed by atoms with E-state index in [1.807, 2.05) is 6.07 Å². The van der Waals surface area contributed by atoms with Crippen LogP contribution in [0.15, 0.2) is 29.1 Å². The van der Waals surface area contributed by atoms with Crippen molar-refractivity contribution in [1.29, 1.82) is 0 Å². The lowest BCUT2D eigenvalue weighted by molar-refractivity contribution is -0.147. The van der Waals surface area contributed by atoms with E-state index in [0.717, 1.165) is 18.4 Å². The first kappa shape index (κ1) is 15.3. The van der Waals surface area contributed by atoms with E-state index in [2.05, 4.69) is 5.32 Å². The summed E-state index contributed by atoms with van der Waals surface area (Å²) >= 11 is 0. The number of imidazole rings is 1. The van der Waals surface area contributed by atoms with Gasteiger partial charge in [0.05, 0.1) is 11.0 Å². The lowest BCUT2D eigenvalue weighted by Crippen LogP contribution is -2.53. The number of fused-ring (bicyclic) bond motifs is 1. The number of hydrogen-bond donors (Lipinski definition) is 2. The molecule has 1 saturated carbocycles. The predicted molar refractivity (Wildman–Crippen MR) is 84.2 cm³/mol. The lowest BCUT2D eigenvalue weighted by Gasteiger charge is -2.25. The van der Waals surface area contributed by atoms with Crippen LogP contribution >= 0.6 is 0 Å². The fourth-order valence-electron chi connectivity index (χ4n) is 3.34. The van der Waals surface area contributed by atoms with Gasteiger partial charge in [0.2, 0.25) is 5.91 Å². The summed E-state index contributed by atoms with van der Waals surface area (Å²) in [5.74, 6) is -1.46. The van der Waals surface area contributed by atoms with Crippen LogP contribution in [0.2, 0.25) is 0 Å². The van der Waals surface area contributed by atoms with Crippen LogP contribution < -0.4 is 11.0 Å². The number of carboxylic acids is 1. The molecule has 1 aromatic heterocycles. The molecule has 1 aliphatic rings. The van der Waals surface area contributed by atoms with Crippen molar-refractivity contribution in [2.45, 2.75) is 37.8 Å². The molecule has 0 bridgehead atoms. The molecule has 0 unspecified atom stereocenters. The third-order valence-corrected chi connectivity index (χ3v) is 4.60. The normalized spacial score (nSPS) is 16.6. The maximum Gasteiger partial charge on any atom is 0.329 e. The zero-order valence-electron chi connectivity index (χ0n) is 12.9. The Morgan fingerprint density at radius 1 is 1.22 bits per heavy atom. The lowest BCUT2D eigenvalue weighted by atomic mass is 9.98. The Balaban J connectivity index is 1.88. The van der Waals surface area contributed by atoms with Gasteiger partial charge in [-0.15, -0.1) is 0 Å². The number of para-hydroxylation sites is 2. The van der Waals surface area contributed by atoms with Gasteiger partial charge < -0.3 is 10.4 Å². The van der Waals surface area contributed by atoms with Gasteiger partial charge in [-0.05, 0) is 25.0 Å². The Hall–Kier alpha value is -2.57. The second kappa shape index (κ2) is 5.57. The number of nitrogens with one attached hydrogen (secondary N) is 1. The number of rotatable bonds is 4. The molecular formula is C16H19N3O4. The number of nitrogens with zero attached hydrogens (tertiary/aromatic N) is 2. The number of benzene rings is 1. The molecule has 3 rings (SSSR count). The quantitative estimate of drug-likeness (QED) is 0.874. The molecule has 122 valence electrons. The Bertz CT molecular complexity index is 827. The fraction of sp³-hybridized carbons (Fsp3) is 0.438. The first-order valence-electron chi connectivity index (χ1n) is 7.63. The topological polar surface area (TPSA) is 93.3 Å². The van der Waals surface area contributed by atoms with E-state index in [1.54, 1.807) is 25.2 Å². The highest BCUT2D eigenvalue weighted by molar-refractivity contribution is 5.88. The number of carboxylic acid groups (broad SMARTS) is 1. The predicted octanol–water partition coefficient (Wildman–Crippen LogP) is 0.854. The Morgan fingerprint density at radius 3 is 2.43 bits per heavy atom. The highest BCUT2D eigenvalue weighted by Crippen LogP contribution is 2.29. The number of amides is 1. The minimum Gasteiger partial charge on any atom is -0.480 e. The van der Waals surface area contributed by atoms with Crippen LogP contribution in [0.5, 0.6) is 0 Å². The van der Waals surface area contributed by atoms with E-state index >= 15 is 0 Å². The summed E-state index contributed by atoms with van der Waals surface area (Å²) in [6.45, 7) is -0.185. The van der Waals surface area contributed by atoms with Gasteiger partial charge in [0.15, 0.2) is 0 Å². The molecule has 2 N–H and O–H groups in total. The molecule has 1 fully saturated rings. The number of aliphatic carboxylic acids is 1. The summed E-state index contributed by atoms with van der Waals surface area (Å²) in [6, 6.07) is 7.20. The maximum atomic E-state index is 12.3. The van der Waals surface area contributed by atoms with Gasteiger partial charge in [0, 0.05) is 7.05 Å². The molecule has 1 aliphatic carbocycles. The molecule has 7 heteroatoms. The summed E-state index contributed by atoms with van der Waals surface area (Å²) in [5, 5.41) is 12.1. The van der Waals surface area contributed by atoms with E-state index in [1.165, 1.54) is 9.13 Å². The van der Waals surface area contributed by atoms with Crippen LogP contribution in [-0.4, -0.2) is 31.7 Å². The van der Waals surface area contributed by atoms with Crippen molar-refractivity contribution in [2.75, 3.05) is 0 Å². The van der Waals surface area contributed by atoms with Crippen molar-refractivity contribution in [1.82, 2.24) is 14.5 Å². The molecule has 0 radical (unpaired) electrons. The zero-order valence-corrected chi connectivity index (χ0v) is 12.9.